The van der Waals surface area contributed by atoms with Gasteiger partial charge < -0.3 is 4.90 Å². The third-order valence-electron chi connectivity index (χ3n) is 4.32. The topological polar surface area (TPSA) is 66.5 Å². The zero-order valence-corrected chi connectivity index (χ0v) is 14.9. The summed E-state index contributed by atoms with van der Waals surface area (Å²) in [5, 5.41) is 0. The first kappa shape index (κ1) is 19.4. The van der Waals surface area contributed by atoms with Gasteiger partial charge in [0.25, 0.3) is 0 Å². The van der Waals surface area contributed by atoms with Crippen molar-refractivity contribution in [3.63, 3.8) is 0 Å². The van der Waals surface area contributed by atoms with Gasteiger partial charge in [-0.2, -0.15) is 13.2 Å². The molecule has 0 aromatic heterocycles. The highest BCUT2D eigenvalue weighted by Crippen LogP contribution is 2.34. The lowest BCUT2D eigenvalue weighted by Gasteiger charge is -2.17. The van der Waals surface area contributed by atoms with Crippen LogP contribution in [-0.4, -0.2) is 27.4 Å². The van der Waals surface area contributed by atoms with Gasteiger partial charge in [0, 0.05) is 25.2 Å². The number of nitrogens with zero attached hydrogens (tertiary/aromatic N) is 1. The first-order valence-electron chi connectivity index (χ1n) is 8.20. The maximum atomic E-state index is 13.1. The zero-order chi connectivity index (χ0) is 19.7. The van der Waals surface area contributed by atoms with Crippen LogP contribution in [-0.2, 0) is 21.0 Å². The predicted molar refractivity (Wildman–Crippen MR) is 93.5 cm³/mol. The smallest absolute Gasteiger partial charge is 0.312 e. The first-order valence-corrected chi connectivity index (χ1v) is 9.68. The summed E-state index contributed by atoms with van der Waals surface area (Å²) in [5.41, 5.74) is -0.513. The van der Waals surface area contributed by atoms with Crippen molar-refractivity contribution in [1.82, 2.24) is 4.72 Å². The average Bonchev–Trinajstić information content (AvgIpc) is 3.01. The lowest BCUT2D eigenvalue weighted by Crippen LogP contribution is -2.32. The fourth-order valence-corrected chi connectivity index (χ4v) is 4.36. The van der Waals surface area contributed by atoms with E-state index in [1.165, 1.54) is 6.07 Å². The summed E-state index contributed by atoms with van der Waals surface area (Å²) in [7, 11) is -4.36. The summed E-state index contributed by atoms with van der Waals surface area (Å²) < 4.78 is 66.2. The Morgan fingerprint density at radius 3 is 2.33 bits per heavy atom. The maximum Gasteiger partial charge on any atom is 0.417 e. The molecule has 1 aliphatic heterocycles. The molecule has 1 atom stereocenters. The van der Waals surface area contributed by atoms with E-state index in [-0.39, 0.29) is 24.8 Å². The third kappa shape index (κ3) is 4.30. The van der Waals surface area contributed by atoms with E-state index in [0.717, 1.165) is 18.2 Å². The van der Waals surface area contributed by atoms with Gasteiger partial charge in [0.05, 0.1) is 10.5 Å². The number of amides is 1. The van der Waals surface area contributed by atoms with Crippen LogP contribution in [0.15, 0.2) is 59.5 Å². The quantitative estimate of drug-likeness (QED) is 0.842. The molecule has 3 rings (SSSR count). The lowest BCUT2D eigenvalue weighted by molar-refractivity contribution is -0.139. The second-order valence-corrected chi connectivity index (χ2v) is 7.99. The molecular weight excluding hydrogens is 381 g/mol. The number of carbonyl (C=O) groups is 1. The first-order chi connectivity index (χ1) is 12.7. The second kappa shape index (κ2) is 7.32. The molecule has 0 saturated carbocycles. The highest BCUT2D eigenvalue weighted by atomic mass is 32.2. The van der Waals surface area contributed by atoms with Crippen molar-refractivity contribution < 1.29 is 26.4 Å². The molecule has 1 saturated heterocycles. The Balaban J connectivity index is 1.71. The van der Waals surface area contributed by atoms with Crippen LogP contribution in [0.4, 0.5) is 18.9 Å². The minimum Gasteiger partial charge on any atom is -0.312 e. The molecular formula is C18H17F3N2O3S. The standard InChI is InChI=1S/C18H17F3N2O3S/c19-18(20,21)15-8-4-5-9-16(15)27(25,26)22-11-13-10-17(24)23(12-13)14-6-2-1-3-7-14/h1-9,13,22H,10-12H2/t13-/m1/s1. The summed E-state index contributed by atoms with van der Waals surface area (Å²) >= 11 is 0. The number of sulfonamides is 1. The largest absolute Gasteiger partial charge is 0.417 e. The number of rotatable bonds is 5. The van der Waals surface area contributed by atoms with E-state index in [2.05, 4.69) is 4.72 Å². The Morgan fingerprint density at radius 1 is 1.04 bits per heavy atom. The molecule has 0 bridgehead atoms. The maximum absolute atomic E-state index is 13.1. The van der Waals surface area contributed by atoms with E-state index in [0.29, 0.717) is 12.2 Å². The van der Waals surface area contributed by atoms with Gasteiger partial charge in [-0.15, -0.1) is 0 Å². The number of benzene rings is 2. The van der Waals surface area contributed by atoms with Gasteiger partial charge in [0.1, 0.15) is 0 Å². The van der Waals surface area contributed by atoms with Gasteiger partial charge in [-0.1, -0.05) is 30.3 Å². The van der Waals surface area contributed by atoms with Crippen molar-refractivity contribution in [2.75, 3.05) is 18.0 Å². The van der Waals surface area contributed by atoms with Gasteiger partial charge in [-0.05, 0) is 30.2 Å². The third-order valence-corrected chi connectivity index (χ3v) is 5.80. The van der Waals surface area contributed by atoms with Crippen LogP contribution >= 0.6 is 0 Å². The SMILES string of the molecule is O=C1C[C@H](CNS(=O)(=O)c2ccccc2C(F)(F)F)CN1c1ccccc1. The van der Waals surface area contributed by atoms with Crippen LogP contribution in [0.25, 0.3) is 0 Å². The number of nitrogens with one attached hydrogen (secondary N) is 1. The van der Waals surface area contributed by atoms with Gasteiger partial charge in [0.15, 0.2) is 0 Å². The van der Waals surface area contributed by atoms with E-state index in [4.69, 9.17) is 0 Å². The Labute approximate surface area is 154 Å². The minimum absolute atomic E-state index is 0.121. The van der Waals surface area contributed by atoms with Crippen LogP contribution < -0.4 is 9.62 Å². The predicted octanol–water partition coefficient (Wildman–Crippen LogP) is 3.04. The molecule has 27 heavy (non-hydrogen) atoms. The summed E-state index contributed by atoms with van der Waals surface area (Å²) in [6, 6.07) is 12.9. The van der Waals surface area contributed by atoms with E-state index >= 15 is 0 Å². The number of halogens is 3. The van der Waals surface area contributed by atoms with Crippen LogP contribution in [0.3, 0.4) is 0 Å². The van der Waals surface area contributed by atoms with E-state index in [1.807, 2.05) is 6.07 Å². The second-order valence-electron chi connectivity index (χ2n) is 6.26. The molecule has 2 aromatic rings. The van der Waals surface area contributed by atoms with E-state index < -0.39 is 26.7 Å². The molecule has 9 heteroatoms. The van der Waals surface area contributed by atoms with Crippen molar-refractivity contribution >= 4 is 21.6 Å². The van der Waals surface area contributed by atoms with Crippen molar-refractivity contribution in [2.24, 2.45) is 5.92 Å². The normalized spacial score (nSPS) is 18.1. The Kier molecular flexibility index (Phi) is 5.25. The Morgan fingerprint density at radius 2 is 1.67 bits per heavy atom. The molecule has 1 heterocycles. The molecule has 0 radical (unpaired) electrons. The van der Waals surface area contributed by atoms with Crippen LogP contribution in [0.1, 0.15) is 12.0 Å². The Hall–Kier alpha value is -2.39. The number of hydrogen-bond acceptors (Lipinski definition) is 3. The van der Waals surface area contributed by atoms with Crippen molar-refractivity contribution in [3.8, 4) is 0 Å². The number of anilines is 1. The molecule has 5 nitrogen and oxygen atoms in total. The molecule has 0 spiro atoms. The zero-order valence-electron chi connectivity index (χ0n) is 14.1. The molecule has 1 N–H and O–H groups in total. The van der Waals surface area contributed by atoms with Gasteiger partial charge in [-0.3, -0.25) is 4.79 Å². The van der Waals surface area contributed by atoms with Gasteiger partial charge >= 0.3 is 6.18 Å². The summed E-state index contributed by atoms with van der Waals surface area (Å²) in [6.45, 7) is 0.176. The number of alkyl halides is 3. The molecule has 0 unspecified atom stereocenters. The number of carbonyl (C=O) groups excluding carboxylic acids is 1. The molecule has 0 aliphatic carbocycles. The fraction of sp³-hybridized carbons (Fsp3) is 0.278. The molecule has 2 aromatic carbocycles. The molecule has 1 amide bonds. The number of para-hydroxylation sites is 1. The van der Waals surface area contributed by atoms with Crippen molar-refractivity contribution in [1.29, 1.82) is 0 Å². The monoisotopic (exact) mass is 398 g/mol. The Bertz CT molecular complexity index is 930. The van der Waals surface area contributed by atoms with Crippen LogP contribution in [0, 0.1) is 5.92 Å². The lowest BCUT2D eigenvalue weighted by atomic mass is 10.1. The van der Waals surface area contributed by atoms with Gasteiger partial charge in [0.2, 0.25) is 15.9 Å². The highest BCUT2D eigenvalue weighted by Gasteiger charge is 2.37. The summed E-state index contributed by atoms with van der Waals surface area (Å²) in [5.74, 6) is -0.480. The molecule has 144 valence electrons. The average molecular weight is 398 g/mol. The minimum atomic E-state index is -4.78. The van der Waals surface area contributed by atoms with Crippen LogP contribution in [0.5, 0.6) is 0 Å². The van der Waals surface area contributed by atoms with Crippen LogP contribution in [0.2, 0.25) is 0 Å². The van der Waals surface area contributed by atoms with E-state index in [1.54, 1.807) is 29.2 Å². The van der Waals surface area contributed by atoms with Gasteiger partial charge in [-0.25, -0.2) is 13.1 Å². The fourth-order valence-electron chi connectivity index (χ4n) is 3.02. The molecule has 1 aliphatic rings. The summed E-state index contributed by atoms with van der Waals surface area (Å²) in [6.07, 6.45) is -4.66. The van der Waals surface area contributed by atoms with E-state index in [9.17, 15) is 26.4 Å². The highest BCUT2D eigenvalue weighted by molar-refractivity contribution is 7.89. The van der Waals surface area contributed by atoms with Crippen molar-refractivity contribution in [3.05, 3.63) is 60.2 Å². The molecule has 1 fully saturated rings. The number of hydrogen-bond donors (Lipinski definition) is 1. The summed E-state index contributed by atoms with van der Waals surface area (Å²) in [4.78, 5) is 12.9. The van der Waals surface area contributed by atoms with Crippen molar-refractivity contribution in [2.45, 2.75) is 17.5 Å².